The molecule has 0 bridgehead atoms. The van der Waals surface area contributed by atoms with Crippen LogP contribution in [0.1, 0.15) is 5.56 Å². The van der Waals surface area contributed by atoms with Crippen molar-refractivity contribution >= 4 is 5.96 Å². The number of aliphatic imine (C=N–C) groups is 1. The van der Waals surface area contributed by atoms with Crippen molar-refractivity contribution < 1.29 is 4.39 Å². The smallest absolute Gasteiger partial charge is 0.203 e. The van der Waals surface area contributed by atoms with Gasteiger partial charge in [-0.3, -0.25) is 10.4 Å². The zero-order valence-electron chi connectivity index (χ0n) is 7.70. The molecule has 4 nitrogen and oxygen atoms in total. The Balaban J connectivity index is 2.50. The number of hydrazine groups is 1. The molecule has 76 valence electrons. The molecular weight excluding hydrogens is 183 g/mol. The lowest BCUT2D eigenvalue weighted by Crippen LogP contribution is -2.37. The molecule has 0 atom stereocenters. The van der Waals surface area contributed by atoms with Crippen molar-refractivity contribution in [2.75, 3.05) is 6.54 Å². The molecule has 5 N–H and O–H groups in total. The van der Waals surface area contributed by atoms with Gasteiger partial charge in [0.25, 0.3) is 0 Å². The van der Waals surface area contributed by atoms with Crippen LogP contribution in [0.3, 0.4) is 0 Å². The van der Waals surface area contributed by atoms with Gasteiger partial charge in [0, 0.05) is 6.54 Å². The second-order valence-electron chi connectivity index (χ2n) is 2.75. The number of hydrogen-bond acceptors (Lipinski definition) is 2. The quantitative estimate of drug-likeness (QED) is 0.279. The van der Waals surface area contributed by atoms with Crippen LogP contribution in [0.15, 0.2) is 29.3 Å². The number of nitrogens with zero attached hydrogens (tertiary/aromatic N) is 1. The summed E-state index contributed by atoms with van der Waals surface area (Å²) in [5.41, 5.74) is 8.12. The third-order valence-corrected chi connectivity index (χ3v) is 1.77. The lowest BCUT2D eigenvalue weighted by atomic mass is 10.1. The van der Waals surface area contributed by atoms with Crippen molar-refractivity contribution in [2.45, 2.75) is 6.42 Å². The molecule has 0 spiro atoms. The standard InChI is InChI=1S/C9H13FN4/c10-8-4-2-1-3-7(8)5-6-13-9(11)14-12/h1-4H,5-6,12H2,(H3,11,13,14). The first-order chi connectivity index (χ1) is 6.74. The van der Waals surface area contributed by atoms with E-state index in [0.29, 0.717) is 18.5 Å². The highest BCUT2D eigenvalue weighted by atomic mass is 19.1. The van der Waals surface area contributed by atoms with E-state index in [4.69, 9.17) is 11.6 Å². The molecule has 0 aromatic heterocycles. The van der Waals surface area contributed by atoms with Gasteiger partial charge in [0.1, 0.15) is 5.82 Å². The molecule has 0 amide bonds. The number of hydrogen-bond donors (Lipinski definition) is 3. The largest absolute Gasteiger partial charge is 0.369 e. The molecule has 0 aliphatic heterocycles. The topological polar surface area (TPSA) is 76.4 Å². The van der Waals surface area contributed by atoms with E-state index in [9.17, 15) is 4.39 Å². The van der Waals surface area contributed by atoms with Crippen LogP contribution >= 0.6 is 0 Å². The third kappa shape index (κ3) is 3.02. The molecule has 1 aromatic rings. The summed E-state index contributed by atoms with van der Waals surface area (Å²) in [6, 6.07) is 6.57. The van der Waals surface area contributed by atoms with Gasteiger partial charge >= 0.3 is 0 Å². The summed E-state index contributed by atoms with van der Waals surface area (Å²) in [5.74, 6) is 4.94. The van der Waals surface area contributed by atoms with Gasteiger partial charge < -0.3 is 5.73 Å². The molecule has 0 saturated heterocycles. The van der Waals surface area contributed by atoms with Crippen LogP contribution in [0.5, 0.6) is 0 Å². The molecule has 0 unspecified atom stereocenters. The number of nitrogens with one attached hydrogen (secondary N) is 1. The number of halogens is 1. The van der Waals surface area contributed by atoms with E-state index in [1.54, 1.807) is 18.2 Å². The van der Waals surface area contributed by atoms with Crippen molar-refractivity contribution in [1.29, 1.82) is 0 Å². The van der Waals surface area contributed by atoms with Gasteiger partial charge in [0.15, 0.2) is 0 Å². The maximum Gasteiger partial charge on any atom is 0.203 e. The van der Waals surface area contributed by atoms with Gasteiger partial charge in [0.05, 0.1) is 0 Å². The predicted octanol–water partition coefficient (Wildman–Crippen LogP) is 0.146. The fourth-order valence-electron chi connectivity index (χ4n) is 1.04. The second kappa shape index (κ2) is 5.18. The monoisotopic (exact) mass is 196 g/mol. The van der Waals surface area contributed by atoms with E-state index in [2.05, 4.69) is 10.4 Å². The minimum Gasteiger partial charge on any atom is -0.369 e. The number of rotatable bonds is 3. The molecule has 1 aromatic carbocycles. The zero-order chi connectivity index (χ0) is 10.4. The molecule has 0 radical (unpaired) electrons. The molecule has 1 rings (SSSR count). The van der Waals surface area contributed by atoms with Crippen LogP contribution in [0.4, 0.5) is 4.39 Å². The molecule has 14 heavy (non-hydrogen) atoms. The molecule has 0 heterocycles. The molecule has 0 saturated carbocycles. The van der Waals surface area contributed by atoms with Crippen LogP contribution in [0.25, 0.3) is 0 Å². The fourth-order valence-corrected chi connectivity index (χ4v) is 1.04. The van der Waals surface area contributed by atoms with E-state index in [0.717, 1.165) is 0 Å². The Kier molecular flexibility index (Phi) is 3.87. The first-order valence-electron chi connectivity index (χ1n) is 4.24. The predicted molar refractivity (Wildman–Crippen MR) is 53.9 cm³/mol. The molecule has 0 aliphatic carbocycles. The van der Waals surface area contributed by atoms with Crippen LogP contribution in [-0.2, 0) is 6.42 Å². The first kappa shape index (κ1) is 10.5. The van der Waals surface area contributed by atoms with Crippen LogP contribution in [0.2, 0.25) is 0 Å². The highest BCUT2D eigenvalue weighted by Crippen LogP contribution is 2.06. The van der Waals surface area contributed by atoms with E-state index in [1.165, 1.54) is 6.07 Å². The summed E-state index contributed by atoms with van der Waals surface area (Å²) >= 11 is 0. The average molecular weight is 196 g/mol. The minimum absolute atomic E-state index is 0.154. The molecule has 0 aliphatic rings. The third-order valence-electron chi connectivity index (χ3n) is 1.77. The fraction of sp³-hybridized carbons (Fsp3) is 0.222. The van der Waals surface area contributed by atoms with Gasteiger partial charge in [-0.15, -0.1) is 0 Å². The summed E-state index contributed by atoms with van der Waals surface area (Å²) in [6.07, 6.45) is 0.509. The van der Waals surface area contributed by atoms with Crippen LogP contribution < -0.4 is 17.0 Å². The Morgan fingerprint density at radius 3 is 2.79 bits per heavy atom. The van der Waals surface area contributed by atoms with Crippen molar-refractivity contribution in [1.82, 2.24) is 5.43 Å². The van der Waals surface area contributed by atoms with E-state index >= 15 is 0 Å². The van der Waals surface area contributed by atoms with Gasteiger partial charge in [-0.1, -0.05) is 18.2 Å². The van der Waals surface area contributed by atoms with Gasteiger partial charge in [0.2, 0.25) is 5.96 Å². The summed E-state index contributed by atoms with van der Waals surface area (Å²) in [6.45, 7) is 0.414. The van der Waals surface area contributed by atoms with Gasteiger partial charge in [-0.25, -0.2) is 10.2 Å². The average Bonchev–Trinajstić information content (AvgIpc) is 2.20. The second-order valence-corrected chi connectivity index (χ2v) is 2.75. The van der Waals surface area contributed by atoms with Crippen LogP contribution in [-0.4, -0.2) is 12.5 Å². The number of benzene rings is 1. The SMILES string of the molecule is NNC(N)=NCCc1ccccc1F. The van der Waals surface area contributed by atoms with Crippen molar-refractivity contribution in [3.05, 3.63) is 35.6 Å². The maximum atomic E-state index is 13.1. The summed E-state index contributed by atoms with van der Waals surface area (Å²) in [5, 5.41) is 0. The highest BCUT2D eigenvalue weighted by molar-refractivity contribution is 5.77. The van der Waals surface area contributed by atoms with Crippen molar-refractivity contribution in [2.24, 2.45) is 16.6 Å². The Morgan fingerprint density at radius 2 is 2.14 bits per heavy atom. The normalized spacial score (nSPS) is 11.4. The summed E-state index contributed by atoms with van der Waals surface area (Å²) in [7, 11) is 0. The van der Waals surface area contributed by atoms with E-state index in [1.807, 2.05) is 0 Å². The van der Waals surface area contributed by atoms with Crippen LogP contribution in [0, 0.1) is 5.82 Å². The minimum atomic E-state index is -0.220. The van der Waals surface area contributed by atoms with Gasteiger partial charge in [-0.05, 0) is 18.1 Å². The molecular formula is C9H13FN4. The Labute approximate surface area is 81.8 Å². The number of nitrogens with two attached hydrogens (primary N) is 2. The van der Waals surface area contributed by atoms with E-state index in [-0.39, 0.29) is 11.8 Å². The lowest BCUT2D eigenvalue weighted by molar-refractivity contribution is 0.609. The summed E-state index contributed by atoms with van der Waals surface area (Å²) in [4.78, 5) is 3.87. The van der Waals surface area contributed by atoms with Gasteiger partial charge in [-0.2, -0.15) is 0 Å². The Hall–Kier alpha value is -1.62. The van der Waals surface area contributed by atoms with Crippen molar-refractivity contribution in [3.63, 3.8) is 0 Å². The molecule has 5 heteroatoms. The highest BCUT2D eigenvalue weighted by Gasteiger charge is 1.98. The lowest BCUT2D eigenvalue weighted by Gasteiger charge is -2.01. The number of guanidine groups is 1. The zero-order valence-corrected chi connectivity index (χ0v) is 7.70. The van der Waals surface area contributed by atoms with E-state index < -0.39 is 0 Å². The Morgan fingerprint density at radius 1 is 1.43 bits per heavy atom. The first-order valence-corrected chi connectivity index (χ1v) is 4.24. The maximum absolute atomic E-state index is 13.1. The molecule has 0 fully saturated rings. The Bertz CT molecular complexity index is 324. The van der Waals surface area contributed by atoms with Crippen molar-refractivity contribution in [3.8, 4) is 0 Å². The summed E-state index contributed by atoms with van der Waals surface area (Å²) < 4.78 is 13.1.